The molecule has 5 heteroatoms. The van der Waals surface area contributed by atoms with Crippen molar-refractivity contribution in [2.24, 2.45) is 0 Å². The SMILES string of the molecule is COCc1cc(=O)[nH]c(-c2cccc(CN(C(C)C)C(C)C)c2)n1. The average molecular weight is 329 g/mol. The van der Waals surface area contributed by atoms with Gasteiger partial charge in [-0.05, 0) is 39.3 Å². The van der Waals surface area contributed by atoms with Crippen molar-refractivity contribution in [2.45, 2.75) is 52.9 Å². The smallest absolute Gasteiger partial charge is 0.251 e. The summed E-state index contributed by atoms with van der Waals surface area (Å²) >= 11 is 0. The molecular weight excluding hydrogens is 302 g/mol. The van der Waals surface area contributed by atoms with Gasteiger partial charge in [-0.1, -0.05) is 18.2 Å². The lowest BCUT2D eigenvalue weighted by atomic mass is 10.1. The molecule has 0 spiro atoms. The van der Waals surface area contributed by atoms with Crippen LogP contribution in [0.4, 0.5) is 0 Å². The molecule has 0 radical (unpaired) electrons. The third-order valence-corrected chi connectivity index (χ3v) is 3.98. The summed E-state index contributed by atoms with van der Waals surface area (Å²) in [5.74, 6) is 0.581. The minimum absolute atomic E-state index is 0.163. The Bertz CT molecular complexity index is 715. The molecule has 5 nitrogen and oxygen atoms in total. The minimum Gasteiger partial charge on any atom is -0.378 e. The van der Waals surface area contributed by atoms with Crippen molar-refractivity contribution in [3.05, 3.63) is 51.9 Å². The van der Waals surface area contributed by atoms with Crippen molar-refractivity contribution in [2.75, 3.05) is 7.11 Å². The van der Waals surface area contributed by atoms with Crippen LogP contribution in [-0.4, -0.2) is 34.1 Å². The van der Waals surface area contributed by atoms with E-state index in [0.29, 0.717) is 30.2 Å². The number of benzene rings is 1. The van der Waals surface area contributed by atoms with Gasteiger partial charge in [0.05, 0.1) is 12.3 Å². The maximum Gasteiger partial charge on any atom is 0.251 e. The fraction of sp³-hybridized carbons (Fsp3) is 0.474. The Kier molecular flexibility index (Phi) is 6.29. The summed E-state index contributed by atoms with van der Waals surface area (Å²) in [7, 11) is 1.59. The summed E-state index contributed by atoms with van der Waals surface area (Å²) in [4.78, 5) is 21.6. The van der Waals surface area contributed by atoms with Gasteiger partial charge in [0, 0.05) is 37.4 Å². The number of hydrogen-bond donors (Lipinski definition) is 1. The number of nitrogens with zero attached hydrogens (tertiary/aromatic N) is 2. The lowest BCUT2D eigenvalue weighted by Crippen LogP contribution is -2.36. The third-order valence-electron chi connectivity index (χ3n) is 3.98. The monoisotopic (exact) mass is 329 g/mol. The van der Waals surface area contributed by atoms with Crippen molar-refractivity contribution in [1.82, 2.24) is 14.9 Å². The summed E-state index contributed by atoms with van der Waals surface area (Å²) in [6.07, 6.45) is 0. The number of methoxy groups -OCH3 is 1. The van der Waals surface area contributed by atoms with E-state index in [1.807, 2.05) is 12.1 Å². The molecule has 0 amide bonds. The van der Waals surface area contributed by atoms with E-state index in [4.69, 9.17) is 4.74 Å². The predicted molar refractivity (Wildman–Crippen MR) is 96.8 cm³/mol. The van der Waals surface area contributed by atoms with Crippen molar-refractivity contribution in [1.29, 1.82) is 0 Å². The van der Waals surface area contributed by atoms with E-state index in [0.717, 1.165) is 12.1 Å². The van der Waals surface area contributed by atoms with Crippen LogP contribution in [0, 0.1) is 0 Å². The fourth-order valence-electron chi connectivity index (χ4n) is 2.86. The molecule has 0 saturated carbocycles. The van der Waals surface area contributed by atoms with Crippen LogP contribution in [0.5, 0.6) is 0 Å². The quantitative estimate of drug-likeness (QED) is 0.847. The van der Waals surface area contributed by atoms with Gasteiger partial charge in [0.25, 0.3) is 5.56 Å². The number of nitrogens with one attached hydrogen (secondary N) is 1. The third kappa shape index (κ3) is 4.76. The number of aromatic nitrogens is 2. The summed E-state index contributed by atoms with van der Waals surface area (Å²) in [6.45, 7) is 10.0. The number of H-pyrrole nitrogens is 1. The van der Waals surface area contributed by atoms with Gasteiger partial charge < -0.3 is 9.72 Å². The lowest BCUT2D eigenvalue weighted by Gasteiger charge is -2.30. The molecule has 0 saturated heterocycles. The highest BCUT2D eigenvalue weighted by atomic mass is 16.5. The van der Waals surface area contributed by atoms with Gasteiger partial charge in [0.15, 0.2) is 0 Å². The first-order valence-corrected chi connectivity index (χ1v) is 8.35. The molecule has 0 aliphatic rings. The molecule has 0 bridgehead atoms. The first-order chi connectivity index (χ1) is 11.4. The van der Waals surface area contributed by atoms with E-state index in [1.165, 1.54) is 11.6 Å². The van der Waals surface area contributed by atoms with Crippen LogP contribution in [0.2, 0.25) is 0 Å². The summed E-state index contributed by atoms with van der Waals surface area (Å²) in [5, 5.41) is 0. The van der Waals surface area contributed by atoms with Crippen LogP contribution in [-0.2, 0) is 17.9 Å². The van der Waals surface area contributed by atoms with E-state index in [1.54, 1.807) is 7.11 Å². The van der Waals surface area contributed by atoms with Crippen LogP contribution < -0.4 is 5.56 Å². The molecule has 2 aromatic rings. The molecule has 0 aliphatic carbocycles. The zero-order valence-corrected chi connectivity index (χ0v) is 15.2. The largest absolute Gasteiger partial charge is 0.378 e. The molecule has 1 heterocycles. The van der Waals surface area contributed by atoms with Gasteiger partial charge in [-0.15, -0.1) is 0 Å². The Morgan fingerprint density at radius 3 is 2.50 bits per heavy atom. The Labute approximate surface area is 143 Å². The summed E-state index contributed by atoms with van der Waals surface area (Å²) in [5.41, 5.74) is 2.58. The second kappa shape index (κ2) is 8.22. The van der Waals surface area contributed by atoms with Crippen molar-refractivity contribution in [3.8, 4) is 11.4 Å². The van der Waals surface area contributed by atoms with Crippen LogP contribution in [0.25, 0.3) is 11.4 Å². The lowest BCUT2D eigenvalue weighted by molar-refractivity contribution is 0.166. The Balaban J connectivity index is 2.32. The van der Waals surface area contributed by atoms with Crippen molar-refractivity contribution < 1.29 is 4.74 Å². The molecule has 130 valence electrons. The Morgan fingerprint density at radius 1 is 1.17 bits per heavy atom. The number of hydrogen-bond acceptors (Lipinski definition) is 4. The van der Waals surface area contributed by atoms with Crippen LogP contribution in [0.15, 0.2) is 35.1 Å². The first-order valence-electron chi connectivity index (χ1n) is 8.35. The second-order valence-electron chi connectivity index (χ2n) is 6.58. The predicted octanol–water partition coefficient (Wildman–Crippen LogP) is 3.20. The fourth-order valence-corrected chi connectivity index (χ4v) is 2.86. The van der Waals surface area contributed by atoms with Gasteiger partial charge in [0.1, 0.15) is 5.82 Å². The standard InChI is InChI=1S/C19H27N3O2/c1-13(2)22(14(3)4)11-15-7-6-8-16(9-15)19-20-17(12-24-5)10-18(23)21-19/h6-10,13-14H,11-12H2,1-5H3,(H,20,21,23). The molecule has 1 aromatic carbocycles. The summed E-state index contributed by atoms with van der Waals surface area (Å²) in [6, 6.07) is 10.6. The number of aromatic amines is 1. The number of ether oxygens (including phenoxy) is 1. The molecule has 24 heavy (non-hydrogen) atoms. The van der Waals surface area contributed by atoms with Gasteiger partial charge in [-0.2, -0.15) is 0 Å². The van der Waals surface area contributed by atoms with Crippen LogP contribution in [0.3, 0.4) is 0 Å². The van der Waals surface area contributed by atoms with Crippen LogP contribution >= 0.6 is 0 Å². The normalized spacial score (nSPS) is 11.7. The first kappa shape index (κ1) is 18.4. The Morgan fingerprint density at radius 2 is 1.88 bits per heavy atom. The van der Waals surface area contributed by atoms with E-state index in [2.05, 4.69) is 54.7 Å². The topological polar surface area (TPSA) is 58.2 Å². The highest BCUT2D eigenvalue weighted by Crippen LogP contribution is 2.19. The van der Waals surface area contributed by atoms with E-state index in [9.17, 15) is 4.79 Å². The van der Waals surface area contributed by atoms with Gasteiger partial charge in [-0.3, -0.25) is 9.69 Å². The van der Waals surface area contributed by atoms with Crippen molar-refractivity contribution >= 4 is 0 Å². The zero-order valence-electron chi connectivity index (χ0n) is 15.2. The van der Waals surface area contributed by atoms with E-state index < -0.39 is 0 Å². The molecule has 1 N–H and O–H groups in total. The van der Waals surface area contributed by atoms with E-state index in [-0.39, 0.29) is 5.56 Å². The van der Waals surface area contributed by atoms with Crippen LogP contribution in [0.1, 0.15) is 39.0 Å². The van der Waals surface area contributed by atoms with E-state index >= 15 is 0 Å². The Hall–Kier alpha value is -1.98. The molecular formula is C19H27N3O2. The average Bonchev–Trinajstić information content (AvgIpc) is 2.52. The second-order valence-corrected chi connectivity index (χ2v) is 6.58. The molecule has 0 fully saturated rings. The van der Waals surface area contributed by atoms with Gasteiger partial charge >= 0.3 is 0 Å². The summed E-state index contributed by atoms with van der Waals surface area (Å²) < 4.78 is 5.08. The molecule has 1 aromatic heterocycles. The maximum absolute atomic E-state index is 11.8. The highest BCUT2D eigenvalue weighted by molar-refractivity contribution is 5.56. The highest BCUT2D eigenvalue weighted by Gasteiger charge is 2.14. The minimum atomic E-state index is -0.163. The van der Waals surface area contributed by atoms with Gasteiger partial charge in [0.2, 0.25) is 0 Å². The van der Waals surface area contributed by atoms with Crippen molar-refractivity contribution in [3.63, 3.8) is 0 Å². The molecule has 0 atom stereocenters. The number of rotatable bonds is 7. The molecule has 0 unspecified atom stereocenters. The molecule has 0 aliphatic heterocycles. The molecule has 2 rings (SSSR count). The zero-order chi connectivity index (χ0) is 17.7. The maximum atomic E-state index is 11.8. The van der Waals surface area contributed by atoms with Gasteiger partial charge in [-0.25, -0.2) is 4.98 Å².